The van der Waals surface area contributed by atoms with Gasteiger partial charge in [-0.15, -0.1) is 0 Å². The van der Waals surface area contributed by atoms with Crippen LogP contribution in [0.4, 0.5) is 11.4 Å². The van der Waals surface area contributed by atoms with E-state index in [1.807, 2.05) is 48.3 Å². The second kappa shape index (κ2) is 7.56. The Kier molecular flexibility index (Phi) is 5.49. The summed E-state index contributed by atoms with van der Waals surface area (Å²) in [5, 5.41) is 22.3. The van der Waals surface area contributed by atoms with Crippen molar-refractivity contribution in [1.82, 2.24) is 0 Å². The maximum Gasteiger partial charge on any atom is 0.162 e. The van der Waals surface area contributed by atoms with Crippen molar-refractivity contribution in [3.05, 3.63) is 48.0 Å². The Balaban J connectivity index is 2.00. The average molecular weight is 302 g/mol. The van der Waals surface area contributed by atoms with Gasteiger partial charge in [-0.05, 0) is 30.3 Å². The number of hydrogen-bond donors (Lipinski definition) is 3. The molecule has 3 N–H and O–H groups in total. The normalized spacial score (nSPS) is 10.3. The highest BCUT2D eigenvalue weighted by molar-refractivity contribution is 5.55. The molecule has 118 valence electrons. The first-order valence-electron chi connectivity index (χ1n) is 7.16. The van der Waals surface area contributed by atoms with Crippen LogP contribution in [0.1, 0.15) is 5.56 Å². The van der Waals surface area contributed by atoms with Crippen LogP contribution in [0.2, 0.25) is 0 Å². The average Bonchev–Trinajstić information content (AvgIpc) is 2.54. The molecule has 0 fully saturated rings. The number of rotatable bonds is 7. The second-order valence-corrected chi connectivity index (χ2v) is 5.01. The molecule has 2 rings (SSSR count). The van der Waals surface area contributed by atoms with Crippen molar-refractivity contribution < 1.29 is 14.9 Å². The second-order valence-electron chi connectivity index (χ2n) is 5.01. The van der Waals surface area contributed by atoms with Gasteiger partial charge in [-0.1, -0.05) is 12.1 Å². The smallest absolute Gasteiger partial charge is 0.162 e. The Bertz CT molecular complexity index is 599. The zero-order chi connectivity index (χ0) is 15.9. The summed E-state index contributed by atoms with van der Waals surface area (Å²) in [6.07, 6.45) is 0. The molecule has 0 aliphatic rings. The molecule has 0 aromatic heterocycles. The molecule has 0 atom stereocenters. The van der Waals surface area contributed by atoms with Crippen LogP contribution >= 0.6 is 0 Å². The van der Waals surface area contributed by atoms with Crippen LogP contribution in [0.5, 0.6) is 11.5 Å². The van der Waals surface area contributed by atoms with E-state index in [2.05, 4.69) is 5.32 Å². The zero-order valence-corrected chi connectivity index (χ0v) is 12.9. The van der Waals surface area contributed by atoms with Gasteiger partial charge < -0.3 is 25.2 Å². The lowest BCUT2D eigenvalue weighted by Crippen LogP contribution is -2.20. The number of hydrogen-bond acceptors (Lipinski definition) is 5. The third kappa shape index (κ3) is 3.83. The lowest BCUT2D eigenvalue weighted by molar-refractivity contribution is 0.304. The summed E-state index contributed by atoms with van der Waals surface area (Å²) in [5.74, 6) is 0.636. The fourth-order valence-electron chi connectivity index (χ4n) is 2.19. The van der Waals surface area contributed by atoms with E-state index in [1.165, 1.54) is 7.11 Å². The fraction of sp³-hybridized carbons (Fsp3) is 0.294. The summed E-state index contributed by atoms with van der Waals surface area (Å²) in [4.78, 5) is 1.98. The van der Waals surface area contributed by atoms with Crippen molar-refractivity contribution in [2.45, 2.75) is 6.54 Å². The first-order valence-corrected chi connectivity index (χ1v) is 7.16. The van der Waals surface area contributed by atoms with Gasteiger partial charge in [0.05, 0.1) is 13.7 Å². The van der Waals surface area contributed by atoms with Crippen LogP contribution in [-0.2, 0) is 6.54 Å². The van der Waals surface area contributed by atoms with Crippen molar-refractivity contribution in [1.29, 1.82) is 0 Å². The molecule has 0 bridgehead atoms. The van der Waals surface area contributed by atoms with Gasteiger partial charge in [0.25, 0.3) is 0 Å². The fourth-order valence-corrected chi connectivity index (χ4v) is 2.19. The molecule has 5 heteroatoms. The molecule has 0 saturated heterocycles. The molecule has 0 aliphatic heterocycles. The molecule has 2 aromatic rings. The maximum atomic E-state index is 10.0. The number of aromatic hydroxyl groups is 1. The summed E-state index contributed by atoms with van der Waals surface area (Å²) < 4.78 is 5.10. The number of aliphatic hydroxyl groups excluding tert-OH is 1. The third-order valence-corrected chi connectivity index (χ3v) is 3.53. The zero-order valence-electron chi connectivity index (χ0n) is 12.9. The molecule has 22 heavy (non-hydrogen) atoms. The van der Waals surface area contributed by atoms with Crippen LogP contribution in [-0.4, -0.2) is 37.5 Å². The lowest BCUT2D eigenvalue weighted by atomic mass is 10.1. The first-order chi connectivity index (χ1) is 10.7. The van der Waals surface area contributed by atoms with E-state index in [-0.39, 0.29) is 12.4 Å². The number of nitrogens with one attached hydrogen (secondary N) is 1. The highest BCUT2D eigenvalue weighted by Gasteiger charge is 2.07. The van der Waals surface area contributed by atoms with E-state index in [9.17, 15) is 5.11 Å². The van der Waals surface area contributed by atoms with Gasteiger partial charge in [-0.25, -0.2) is 0 Å². The van der Waals surface area contributed by atoms with Gasteiger partial charge in [0.1, 0.15) is 0 Å². The van der Waals surface area contributed by atoms with Gasteiger partial charge in [0.2, 0.25) is 0 Å². The number of phenolic OH excluding ortho intramolecular Hbond substituents is 1. The number of para-hydroxylation sites is 1. The molecule has 0 heterocycles. The van der Waals surface area contributed by atoms with Crippen molar-refractivity contribution in [3.8, 4) is 11.5 Å². The molecule has 0 unspecified atom stereocenters. The maximum absolute atomic E-state index is 10.0. The van der Waals surface area contributed by atoms with Gasteiger partial charge >= 0.3 is 0 Å². The summed E-state index contributed by atoms with van der Waals surface area (Å²) in [5.41, 5.74) is 2.79. The Labute approximate surface area is 130 Å². The minimum atomic E-state index is 0.131. The number of aliphatic hydroxyl groups is 1. The van der Waals surface area contributed by atoms with Crippen LogP contribution in [0.3, 0.4) is 0 Å². The molecular formula is C17H22N2O3. The molecule has 0 radical (unpaired) electrons. The molecule has 0 spiro atoms. The van der Waals surface area contributed by atoms with E-state index < -0.39 is 0 Å². The van der Waals surface area contributed by atoms with Crippen molar-refractivity contribution in [2.75, 3.05) is 37.5 Å². The summed E-state index contributed by atoms with van der Waals surface area (Å²) in [7, 11) is 3.47. The topological polar surface area (TPSA) is 65.0 Å². The number of ether oxygens (including phenoxy) is 1. The van der Waals surface area contributed by atoms with Crippen molar-refractivity contribution in [3.63, 3.8) is 0 Å². The molecular weight excluding hydrogens is 280 g/mol. The molecule has 5 nitrogen and oxygen atoms in total. The van der Waals surface area contributed by atoms with Crippen molar-refractivity contribution in [2.24, 2.45) is 0 Å². The standard InChI is InChI=1S/C17H22N2O3/c1-19(10-11-20)15-8-6-14(7-9-15)18-12-13-4-3-5-16(22-2)17(13)21/h3-9,18,20-21H,10-12H2,1-2H3. The number of anilines is 2. The van der Waals surface area contributed by atoms with Crippen LogP contribution in [0.25, 0.3) is 0 Å². The summed E-state index contributed by atoms with van der Waals surface area (Å²) >= 11 is 0. The van der Waals surface area contributed by atoms with E-state index in [4.69, 9.17) is 9.84 Å². The Morgan fingerprint density at radius 3 is 2.50 bits per heavy atom. The Morgan fingerprint density at radius 1 is 1.14 bits per heavy atom. The number of methoxy groups -OCH3 is 1. The number of benzene rings is 2. The predicted octanol–water partition coefficient (Wildman–Crippen LogP) is 2.44. The minimum Gasteiger partial charge on any atom is -0.504 e. The molecule has 0 aliphatic carbocycles. The van der Waals surface area contributed by atoms with Crippen LogP contribution in [0, 0.1) is 0 Å². The van der Waals surface area contributed by atoms with Gasteiger partial charge in [-0.3, -0.25) is 0 Å². The Hall–Kier alpha value is -2.40. The molecule has 2 aromatic carbocycles. The van der Waals surface area contributed by atoms with Crippen molar-refractivity contribution >= 4 is 11.4 Å². The van der Waals surface area contributed by atoms with E-state index in [1.54, 1.807) is 6.07 Å². The van der Waals surface area contributed by atoms with E-state index >= 15 is 0 Å². The van der Waals surface area contributed by atoms with E-state index in [0.29, 0.717) is 18.8 Å². The quantitative estimate of drug-likeness (QED) is 0.733. The summed E-state index contributed by atoms with van der Waals surface area (Å²) in [6.45, 7) is 1.24. The van der Waals surface area contributed by atoms with Gasteiger partial charge in [-0.2, -0.15) is 0 Å². The minimum absolute atomic E-state index is 0.131. The third-order valence-electron chi connectivity index (χ3n) is 3.53. The molecule has 0 saturated carbocycles. The largest absolute Gasteiger partial charge is 0.504 e. The number of nitrogens with zero attached hydrogens (tertiary/aromatic N) is 1. The number of likely N-dealkylation sites (N-methyl/N-ethyl adjacent to an activating group) is 1. The number of phenols is 1. The molecule has 0 amide bonds. The summed E-state index contributed by atoms with van der Waals surface area (Å²) in [6, 6.07) is 13.4. The van der Waals surface area contributed by atoms with E-state index in [0.717, 1.165) is 16.9 Å². The SMILES string of the molecule is COc1cccc(CNc2ccc(N(C)CCO)cc2)c1O. The highest BCUT2D eigenvalue weighted by Crippen LogP contribution is 2.29. The first kappa shape index (κ1) is 16.0. The Morgan fingerprint density at radius 2 is 1.86 bits per heavy atom. The monoisotopic (exact) mass is 302 g/mol. The van der Waals surface area contributed by atoms with Gasteiger partial charge in [0.15, 0.2) is 11.5 Å². The van der Waals surface area contributed by atoms with Gasteiger partial charge in [0, 0.05) is 37.1 Å². The van der Waals surface area contributed by atoms with Crippen LogP contribution < -0.4 is 15.0 Å². The highest BCUT2D eigenvalue weighted by atomic mass is 16.5. The predicted molar refractivity (Wildman–Crippen MR) is 88.8 cm³/mol. The van der Waals surface area contributed by atoms with Crippen LogP contribution in [0.15, 0.2) is 42.5 Å². The lowest BCUT2D eigenvalue weighted by Gasteiger charge is -2.18.